The molecule has 4 heterocycles. The maximum Gasteiger partial charge on any atom is 0.106 e. The predicted octanol–water partition coefficient (Wildman–Crippen LogP) is 24.4. The number of aromatic nitrogens is 5. The number of carbonyl (C=O) groups is 1. The molecule has 0 amide bonds. The van der Waals surface area contributed by atoms with Crippen LogP contribution in [-0.2, 0) is 30.3 Å². The molecule has 538 valence electrons. The molecule has 13 aromatic carbocycles. The molecule has 0 aliphatic heterocycles. The first kappa shape index (κ1) is 78.1. The number of benzene rings is 13. The van der Waals surface area contributed by atoms with Crippen LogP contribution < -0.4 is 4.90 Å². The maximum atomic E-state index is 10.6. The van der Waals surface area contributed by atoms with E-state index in [0.717, 1.165) is 61.4 Å². The number of hydrogen-bond acceptors (Lipinski definition) is 7. The van der Waals surface area contributed by atoms with Crippen LogP contribution in [0, 0.1) is 6.07 Å². The van der Waals surface area contributed by atoms with Crippen LogP contribution in [0.15, 0.2) is 370 Å². The van der Waals surface area contributed by atoms with Gasteiger partial charge in [-0.3, -0.25) is 19.7 Å². The van der Waals surface area contributed by atoms with Crippen molar-refractivity contribution in [1.82, 2.24) is 24.5 Å². The number of fused-ring (bicyclic) bond motifs is 9. The van der Waals surface area contributed by atoms with Crippen molar-refractivity contribution >= 4 is 109 Å². The van der Waals surface area contributed by atoms with E-state index in [-0.39, 0.29) is 78.1 Å². The zero-order valence-corrected chi connectivity index (χ0v) is 69.1. The van der Waals surface area contributed by atoms with Gasteiger partial charge in [-0.25, -0.2) is 9.37 Å². The summed E-state index contributed by atoms with van der Waals surface area (Å²) in [5, 5.41) is 13.1. The fourth-order valence-electron chi connectivity index (χ4n) is 14.2. The fraction of sp³-hybridized carbons (Fsp3) is 0.0619. The Morgan fingerprint density at radius 1 is 0.455 bits per heavy atom. The Hall–Kier alpha value is -11.5. The predicted molar refractivity (Wildman–Crippen MR) is 459 cm³/mol. The number of carbonyl (C=O) groups excluding carboxylic acids is 1. The van der Waals surface area contributed by atoms with Crippen LogP contribution in [0.25, 0.3) is 127 Å². The molecule has 110 heavy (non-hydrogen) atoms. The summed E-state index contributed by atoms with van der Waals surface area (Å²) in [7, 11) is 4.65. The normalized spacial score (nSPS) is 11.6. The minimum Gasteiger partial charge on any atom is -0.286 e. The average molecular weight is 1820 g/mol. The standard InChI is InChI=1S/C51H38N2.C24H16N2.C16H11N2.C5H8O2.CH3BFP.Bi.Ir.2H/c1-51(2)47-19-11-9-17-43(47)44-31-30-42(34-48(44)51)52(40-26-21-36(22-27-40)35-13-5-3-6-14-35)41-28-23-37(24-29-41)38-25-32-50-46(33-38)45-18-10-12-20-49(45)53(50)39-15-7-4-8-16-39;1-3-7-17(8-4-1)19-13-15-25-23-21(19)11-12-22-20(14-16-26-24(22)23)18-9-5-2-6-10-18;1-3-7-13(8-4-1)15-11-16(18-12-17-15)14-9-5-2-6-10-14;1-4(6)3-5(2)7;2-4-1-3;;;;/h3-34H,1-2H3;1-16H;1-9,11-12H;3,6H,1-2H3;4H,1H2;;;;/q;;-1;;;;;;. The molecule has 18 rings (SSSR count). The van der Waals surface area contributed by atoms with Crippen molar-refractivity contribution in [2.75, 3.05) is 11.3 Å². The monoisotopic (exact) mass is 1820 g/mol. The van der Waals surface area contributed by atoms with Gasteiger partial charge in [0.1, 0.15) is 13.9 Å². The third-order valence-corrected chi connectivity index (χ3v) is 19.4. The Morgan fingerprint density at radius 2 is 0.918 bits per heavy atom. The van der Waals surface area contributed by atoms with Gasteiger partial charge in [-0.05, 0) is 171 Å². The molecule has 4 radical (unpaired) electrons. The topological polar surface area (TPSA) is 97.0 Å². The maximum absolute atomic E-state index is 10.6. The van der Waals surface area contributed by atoms with E-state index in [1.165, 1.54) is 114 Å². The second-order valence-electron chi connectivity index (χ2n) is 26.6. The number of anilines is 3. The fourth-order valence-corrected chi connectivity index (χ4v) is 14.2. The molecule has 8 nitrogen and oxygen atoms in total. The van der Waals surface area contributed by atoms with Gasteiger partial charge in [-0.15, -0.1) is 44.4 Å². The number of rotatable bonds is 12. The Balaban J connectivity index is 0.000000163. The summed E-state index contributed by atoms with van der Waals surface area (Å²) in [4.78, 5) is 30.4. The van der Waals surface area contributed by atoms with Gasteiger partial charge >= 0.3 is 26.2 Å². The van der Waals surface area contributed by atoms with E-state index in [9.17, 15) is 9.18 Å². The zero-order valence-electron chi connectivity index (χ0n) is 61.3. The summed E-state index contributed by atoms with van der Waals surface area (Å²) in [5.74, 6) is -0.0625. The SMILES string of the molecule is CC(=O)C=C(C)O.CC1(C)c2ccccc2-c2ccc(N(c3ccc(-c4ccccc4)cc3)c3ccc(-c4ccc5c(c4)c4ccccc4n5-c4ccccc4)cc3)cc21.[B]PCF.[BiH2].[Ir].[c-]1ccccc1-c1cc(-c2ccccc2)ncn1.c1ccc(-c2ccnc3c2ccc2c(-c4ccccc4)ccnc23)cc1. The first-order valence-electron chi connectivity index (χ1n) is 35.8. The molecule has 1 aliphatic rings. The molecule has 1 N–H and O–H groups in total. The van der Waals surface area contributed by atoms with Crippen molar-refractivity contribution in [2.45, 2.75) is 33.1 Å². The minimum atomic E-state index is -0.375. The summed E-state index contributed by atoms with van der Waals surface area (Å²) in [6.45, 7) is 7.55. The Bertz CT molecular complexity index is 5830. The van der Waals surface area contributed by atoms with E-state index in [4.69, 9.17) is 5.11 Å². The summed E-state index contributed by atoms with van der Waals surface area (Å²) >= 11 is 0. The van der Waals surface area contributed by atoms with E-state index in [2.05, 4.69) is 324 Å². The van der Waals surface area contributed by atoms with Crippen molar-refractivity contribution in [2.24, 2.45) is 0 Å². The van der Waals surface area contributed by atoms with Crippen molar-refractivity contribution in [3.8, 4) is 83.8 Å². The van der Waals surface area contributed by atoms with Crippen molar-refractivity contribution in [3.63, 3.8) is 0 Å². The van der Waals surface area contributed by atoms with Gasteiger partial charge in [0.05, 0.1) is 39.9 Å². The van der Waals surface area contributed by atoms with Crippen LogP contribution in [0.3, 0.4) is 0 Å². The summed E-state index contributed by atoms with van der Waals surface area (Å²) in [5.41, 5.74) is 27.7. The number of ketones is 1. The van der Waals surface area contributed by atoms with Crippen molar-refractivity contribution < 1.29 is 34.4 Å². The largest absolute Gasteiger partial charge is 0.286 e. The van der Waals surface area contributed by atoms with Gasteiger partial charge in [0.15, 0.2) is 5.78 Å². The van der Waals surface area contributed by atoms with Gasteiger partial charge in [-0.2, -0.15) is 0 Å². The number of hydrogen-bond donors (Lipinski definition) is 1. The molecular formula is C97H78BBiFIrN6O2P-. The van der Waals surface area contributed by atoms with Gasteiger partial charge in [0.25, 0.3) is 0 Å². The van der Waals surface area contributed by atoms with Gasteiger partial charge in [0.2, 0.25) is 0 Å². The molecule has 1 aliphatic carbocycles. The third-order valence-electron chi connectivity index (χ3n) is 19.2. The zero-order chi connectivity index (χ0) is 74.4. The number of nitrogens with zero attached hydrogens (tertiary/aromatic N) is 6. The van der Waals surface area contributed by atoms with Crippen LogP contribution in [0.1, 0.15) is 38.8 Å². The third kappa shape index (κ3) is 17.5. The van der Waals surface area contributed by atoms with Gasteiger partial charge < -0.3 is 14.6 Å². The Labute approximate surface area is 677 Å². The molecule has 0 saturated heterocycles. The number of para-hydroxylation sites is 2. The second-order valence-corrected chi connectivity index (χ2v) is 27.3. The molecule has 0 bridgehead atoms. The van der Waals surface area contributed by atoms with Crippen LogP contribution in [-0.4, -0.2) is 75.6 Å². The van der Waals surface area contributed by atoms with E-state index in [0.29, 0.717) is 0 Å². The summed E-state index contributed by atoms with van der Waals surface area (Å²) in [6, 6.07) is 123. The molecule has 13 heteroatoms. The molecule has 4 aromatic heterocycles. The number of alkyl halides is 1. The van der Waals surface area contributed by atoms with Gasteiger partial charge in [0, 0.05) is 88.3 Å². The van der Waals surface area contributed by atoms with Crippen molar-refractivity contribution in [3.05, 3.63) is 387 Å². The Morgan fingerprint density at radius 3 is 1.46 bits per heavy atom. The molecule has 0 saturated carbocycles. The minimum absolute atomic E-state index is 0. The van der Waals surface area contributed by atoms with Crippen LogP contribution >= 0.6 is 8.46 Å². The average Bonchev–Trinajstić information content (AvgIpc) is 1.56. The van der Waals surface area contributed by atoms with Crippen LogP contribution in [0.5, 0.6) is 0 Å². The summed E-state index contributed by atoms with van der Waals surface area (Å²) in [6.07, 6.45) is 6.14. The van der Waals surface area contributed by atoms with Crippen molar-refractivity contribution in [1.29, 1.82) is 0 Å². The van der Waals surface area contributed by atoms with Gasteiger partial charge in [-0.1, -0.05) is 250 Å². The molecule has 1 atom stereocenters. The first-order chi connectivity index (χ1) is 52.9. The van der Waals surface area contributed by atoms with E-state index < -0.39 is 0 Å². The Kier molecular flexibility index (Phi) is 26.0. The number of aliphatic hydroxyl groups is 1. The quantitative estimate of drug-likeness (QED) is 0.0325. The molecule has 17 aromatic rings. The second kappa shape index (κ2) is 36.6. The number of allylic oxidation sites excluding steroid dienone is 2. The molecule has 0 spiro atoms. The number of aliphatic hydroxyl groups excluding tert-OH is 1. The number of pyridine rings is 2. The molecule has 0 fully saturated rings. The number of halogens is 1. The molecule has 1 unspecified atom stereocenters. The van der Waals surface area contributed by atoms with Crippen LogP contribution in [0.2, 0.25) is 0 Å². The molecular weight excluding hydrogens is 1740 g/mol. The van der Waals surface area contributed by atoms with Crippen LogP contribution in [0.4, 0.5) is 21.5 Å². The van der Waals surface area contributed by atoms with E-state index in [1.807, 2.05) is 85.2 Å². The first-order valence-corrected chi connectivity index (χ1v) is 37.1. The van der Waals surface area contributed by atoms with E-state index >= 15 is 0 Å². The summed E-state index contributed by atoms with van der Waals surface area (Å²) < 4.78 is 13.0. The smallest absolute Gasteiger partial charge is 0.106 e. The van der Waals surface area contributed by atoms with E-state index in [1.54, 1.807) is 6.33 Å².